The smallest absolute Gasteiger partial charge is 0.336 e. The molecule has 0 radical (unpaired) electrons. The Bertz CT molecular complexity index is 292. The van der Waals surface area contributed by atoms with Gasteiger partial charge in [-0.05, 0) is 0 Å². The first-order valence-corrected chi connectivity index (χ1v) is 5.09. The van der Waals surface area contributed by atoms with E-state index in [9.17, 15) is 14.2 Å². The van der Waals surface area contributed by atoms with Crippen molar-refractivity contribution in [1.82, 2.24) is 0 Å². The molecule has 0 amide bonds. The minimum Gasteiger partial charge on any atom is -0.481 e. The fraction of sp³-hybridized carbons (Fsp3) is 0.600. The van der Waals surface area contributed by atoms with Crippen LogP contribution in [0.3, 0.4) is 0 Å². The van der Waals surface area contributed by atoms with Gasteiger partial charge in [0, 0.05) is 0 Å². The summed E-state index contributed by atoms with van der Waals surface area (Å²) >= 11 is 0. The minimum atomic E-state index is -4.79. The molecular weight excluding hydrogens is 219 g/mol. The lowest BCUT2D eigenvalue weighted by atomic mass is 10.0. The van der Waals surface area contributed by atoms with Gasteiger partial charge in [0.05, 0.1) is 12.6 Å². The van der Waals surface area contributed by atoms with Gasteiger partial charge in [0.15, 0.2) is 5.60 Å². The second-order valence-corrected chi connectivity index (χ2v) is 4.38. The second-order valence-electron chi connectivity index (χ2n) is 2.73. The van der Waals surface area contributed by atoms with Crippen LogP contribution in [-0.4, -0.2) is 48.8 Å². The molecule has 0 spiro atoms. The standard InChI is InChI=1S/C5H9O8P/c6-3(7)1-5(10,4(8)9)2-14(11,12)13/h10H,1-2H2,(H,6,7)(H,8,9)(H2,11,12,13)/t5-/m0/s1. The van der Waals surface area contributed by atoms with Gasteiger partial charge in [-0.3, -0.25) is 9.36 Å². The van der Waals surface area contributed by atoms with Crippen LogP contribution >= 0.6 is 7.60 Å². The second kappa shape index (κ2) is 4.05. The zero-order valence-corrected chi connectivity index (χ0v) is 7.72. The van der Waals surface area contributed by atoms with Crippen LogP contribution in [0, 0.1) is 0 Å². The van der Waals surface area contributed by atoms with E-state index in [0.29, 0.717) is 0 Å². The summed E-state index contributed by atoms with van der Waals surface area (Å²) in [4.78, 5) is 37.3. The highest BCUT2D eigenvalue weighted by molar-refractivity contribution is 7.51. The topological polar surface area (TPSA) is 152 Å². The fourth-order valence-electron chi connectivity index (χ4n) is 0.790. The molecule has 9 heteroatoms. The van der Waals surface area contributed by atoms with Crippen LogP contribution in [0.4, 0.5) is 0 Å². The summed E-state index contributed by atoms with van der Waals surface area (Å²) in [5, 5.41) is 25.7. The SMILES string of the molecule is O=C(O)C[C@](O)(CP(=O)(O)O)C(=O)O. The van der Waals surface area contributed by atoms with E-state index >= 15 is 0 Å². The maximum atomic E-state index is 10.4. The summed E-state index contributed by atoms with van der Waals surface area (Å²) in [5.41, 5.74) is -2.94. The van der Waals surface area contributed by atoms with Gasteiger partial charge in [-0.25, -0.2) is 4.79 Å². The van der Waals surface area contributed by atoms with Crippen LogP contribution in [-0.2, 0) is 14.2 Å². The molecule has 0 heterocycles. The molecule has 0 unspecified atom stereocenters. The van der Waals surface area contributed by atoms with Crippen LogP contribution in [0.5, 0.6) is 0 Å². The molecule has 0 aromatic heterocycles. The van der Waals surface area contributed by atoms with Crippen LogP contribution in [0.2, 0.25) is 0 Å². The first kappa shape index (κ1) is 13.1. The molecule has 0 aliphatic carbocycles. The molecule has 0 saturated heterocycles. The Labute approximate surface area is 78.0 Å². The summed E-state index contributed by atoms with van der Waals surface area (Å²) in [6.07, 6.45) is -2.70. The maximum Gasteiger partial charge on any atom is 0.336 e. The minimum absolute atomic E-state index is 1.27. The van der Waals surface area contributed by atoms with Crippen LogP contribution in [0.1, 0.15) is 6.42 Å². The van der Waals surface area contributed by atoms with Crippen molar-refractivity contribution in [3.8, 4) is 0 Å². The third-order valence-electron chi connectivity index (χ3n) is 1.31. The Hall–Kier alpha value is -0.950. The van der Waals surface area contributed by atoms with E-state index in [-0.39, 0.29) is 0 Å². The van der Waals surface area contributed by atoms with E-state index in [2.05, 4.69) is 0 Å². The molecule has 0 bridgehead atoms. The van der Waals surface area contributed by atoms with Gasteiger partial charge in [0.2, 0.25) is 0 Å². The molecule has 14 heavy (non-hydrogen) atoms. The number of hydrogen-bond acceptors (Lipinski definition) is 4. The highest BCUT2D eigenvalue weighted by Gasteiger charge is 2.44. The van der Waals surface area contributed by atoms with E-state index in [0.717, 1.165) is 0 Å². The predicted octanol–water partition coefficient (Wildman–Crippen LogP) is -1.55. The Kier molecular flexibility index (Phi) is 3.78. The van der Waals surface area contributed by atoms with Crippen molar-refractivity contribution in [2.75, 3.05) is 6.16 Å². The van der Waals surface area contributed by atoms with Crippen molar-refractivity contribution in [2.45, 2.75) is 12.0 Å². The van der Waals surface area contributed by atoms with Gasteiger partial charge < -0.3 is 25.1 Å². The Morgan fingerprint density at radius 2 is 1.64 bits per heavy atom. The third-order valence-corrected chi connectivity index (χ3v) is 2.24. The number of aliphatic carboxylic acids is 2. The lowest BCUT2D eigenvalue weighted by Gasteiger charge is -2.21. The Balaban J connectivity index is 4.83. The van der Waals surface area contributed by atoms with Gasteiger partial charge in [-0.2, -0.15) is 0 Å². The monoisotopic (exact) mass is 228 g/mol. The summed E-state index contributed by atoms with van der Waals surface area (Å²) in [5.74, 6) is -3.65. The Morgan fingerprint density at radius 1 is 1.21 bits per heavy atom. The molecule has 0 aromatic rings. The highest BCUT2D eigenvalue weighted by Crippen LogP contribution is 2.39. The number of carboxylic acids is 2. The number of carbonyl (C=O) groups is 2. The molecule has 0 saturated carbocycles. The first-order valence-electron chi connectivity index (χ1n) is 3.29. The molecule has 0 aliphatic heterocycles. The van der Waals surface area contributed by atoms with Crippen molar-refractivity contribution >= 4 is 19.5 Å². The van der Waals surface area contributed by atoms with Crippen molar-refractivity contribution in [3.63, 3.8) is 0 Å². The molecule has 1 atom stereocenters. The van der Waals surface area contributed by atoms with Crippen LogP contribution < -0.4 is 0 Å². The zero-order chi connectivity index (χ0) is 11.6. The van der Waals surface area contributed by atoms with Crippen LogP contribution in [0.15, 0.2) is 0 Å². The molecule has 0 rings (SSSR count). The van der Waals surface area contributed by atoms with E-state index in [1.165, 1.54) is 0 Å². The molecule has 0 aromatic carbocycles. The number of aliphatic hydroxyl groups is 1. The van der Waals surface area contributed by atoms with Gasteiger partial charge in [0.25, 0.3) is 0 Å². The van der Waals surface area contributed by atoms with Gasteiger partial charge in [-0.1, -0.05) is 0 Å². The fourth-order valence-corrected chi connectivity index (χ4v) is 1.72. The normalized spacial score (nSPS) is 15.9. The molecule has 5 N–H and O–H groups in total. The summed E-state index contributed by atoms with van der Waals surface area (Å²) in [6, 6.07) is 0. The number of carboxylic acid groups (broad SMARTS) is 2. The molecule has 82 valence electrons. The van der Waals surface area contributed by atoms with E-state index in [1.807, 2.05) is 0 Å². The van der Waals surface area contributed by atoms with E-state index in [1.54, 1.807) is 0 Å². The largest absolute Gasteiger partial charge is 0.481 e. The zero-order valence-electron chi connectivity index (χ0n) is 6.82. The quantitative estimate of drug-likeness (QED) is 0.354. The average molecular weight is 228 g/mol. The van der Waals surface area contributed by atoms with Crippen molar-refractivity contribution in [2.24, 2.45) is 0 Å². The molecule has 0 aliphatic rings. The summed E-state index contributed by atoms with van der Waals surface area (Å²) < 4.78 is 10.4. The lowest BCUT2D eigenvalue weighted by molar-refractivity contribution is -0.163. The average Bonchev–Trinajstić information content (AvgIpc) is 1.79. The van der Waals surface area contributed by atoms with Gasteiger partial charge in [0.1, 0.15) is 0 Å². The molecule has 0 fully saturated rings. The van der Waals surface area contributed by atoms with Crippen LogP contribution in [0.25, 0.3) is 0 Å². The van der Waals surface area contributed by atoms with E-state index in [4.69, 9.17) is 25.1 Å². The maximum absolute atomic E-state index is 10.4. The van der Waals surface area contributed by atoms with Crippen molar-refractivity contribution in [3.05, 3.63) is 0 Å². The predicted molar refractivity (Wildman–Crippen MR) is 41.7 cm³/mol. The highest BCUT2D eigenvalue weighted by atomic mass is 31.2. The molecule has 8 nitrogen and oxygen atoms in total. The van der Waals surface area contributed by atoms with Crippen molar-refractivity contribution in [1.29, 1.82) is 0 Å². The van der Waals surface area contributed by atoms with Crippen molar-refractivity contribution < 1.29 is 39.3 Å². The molecular formula is C5H9O8P. The number of rotatable bonds is 5. The summed E-state index contributed by atoms with van der Waals surface area (Å²) in [7, 11) is -4.79. The summed E-state index contributed by atoms with van der Waals surface area (Å²) in [6.45, 7) is 0. The first-order chi connectivity index (χ1) is 6.07. The number of hydrogen-bond donors (Lipinski definition) is 5. The Morgan fingerprint density at radius 3 is 1.86 bits per heavy atom. The third kappa shape index (κ3) is 4.33. The van der Waals surface area contributed by atoms with E-state index < -0.39 is 37.7 Å². The van der Waals surface area contributed by atoms with Gasteiger partial charge in [-0.15, -0.1) is 0 Å². The van der Waals surface area contributed by atoms with Gasteiger partial charge >= 0.3 is 19.5 Å². The lowest BCUT2D eigenvalue weighted by Crippen LogP contribution is -2.44.